The second kappa shape index (κ2) is 7.11. The average Bonchev–Trinajstić information content (AvgIpc) is 3.12. The van der Waals surface area contributed by atoms with Gasteiger partial charge in [0.1, 0.15) is 5.56 Å². The molecule has 0 aliphatic carbocycles. The summed E-state index contributed by atoms with van der Waals surface area (Å²) in [7, 11) is 0. The van der Waals surface area contributed by atoms with E-state index in [0.717, 1.165) is 25.0 Å². The van der Waals surface area contributed by atoms with Crippen LogP contribution in [-0.4, -0.2) is 29.7 Å². The van der Waals surface area contributed by atoms with E-state index in [9.17, 15) is 22.8 Å². The molecule has 1 N–H and O–H groups in total. The normalized spacial score (nSPS) is 17.6. The van der Waals surface area contributed by atoms with Crippen molar-refractivity contribution in [2.45, 2.75) is 38.6 Å². The number of ether oxygens (including phenoxy) is 1. The van der Waals surface area contributed by atoms with Gasteiger partial charge in [-0.2, -0.15) is 13.2 Å². The van der Waals surface area contributed by atoms with Crippen LogP contribution >= 0.6 is 0 Å². The quantitative estimate of drug-likeness (QED) is 0.903. The second-order valence-electron chi connectivity index (χ2n) is 6.23. The third-order valence-electron chi connectivity index (χ3n) is 4.51. The zero-order valence-corrected chi connectivity index (χ0v) is 14.2. The maximum atomic E-state index is 13.0. The fourth-order valence-corrected chi connectivity index (χ4v) is 3.10. The molecule has 0 unspecified atom stereocenters. The second-order valence-corrected chi connectivity index (χ2v) is 6.23. The minimum atomic E-state index is -4.56. The Bertz CT molecular complexity index is 884. The Labute approximate surface area is 147 Å². The number of carbonyl (C=O) groups excluding carboxylic acids is 1. The fraction of sp³-hybridized carbons (Fsp3) is 0.444. The third-order valence-corrected chi connectivity index (χ3v) is 4.51. The van der Waals surface area contributed by atoms with E-state index in [4.69, 9.17) is 4.74 Å². The summed E-state index contributed by atoms with van der Waals surface area (Å²) in [6.45, 7) is 3.11. The van der Waals surface area contributed by atoms with Crippen LogP contribution < -0.4 is 10.7 Å². The first-order chi connectivity index (χ1) is 12.3. The Morgan fingerprint density at radius 3 is 2.77 bits per heavy atom. The minimum absolute atomic E-state index is 0.0929. The van der Waals surface area contributed by atoms with E-state index in [1.165, 1.54) is 12.3 Å². The lowest BCUT2D eigenvalue weighted by atomic mass is 10.1. The van der Waals surface area contributed by atoms with Gasteiger partial charge < -0.3 is 14.6 Å². The molecule has 1 aromatic heterocycles. The highest BCUT2D eigenvalue weighted by Crippen LogP contribution is 2.30. The van der Waals surface area contributed by atoms with Crippen LogP contribution in [0.3, 0.4) is 0 Å². The van der Waals surface area contributed by atoms with Crippen LogP contribution in [0.1, 0.15) is 35.7 Å². The van der Waals surface area contributed by atoms with Gasteiger partial charge in [-0.1, -0.05) is 0 Å². The summed E-state index contributed by atoms with van der Waals surface area (Å²) >= 11 is 0. The molecular formula is C18H19F3N2O3. The van der Waals surface area contributed by atoms with Crippen molar-refractivity contribution in [1.82, 2.24) is 9.88 Å². The van der Waals surface area contributed by atoms with Gasteiger partial charge in [0.05, 0.1) is 17.2 Å². The predicted octanol–water partition coefficient (Wildman–Crippen LogP) is 2.95. The molecule has 3 rings (SSSR count). The number of benzene rings is 1. The molecule has 1 aliphatic rings. The maximum Gasteiger partial charge on any atom is 0.416 e. The van der Waals surface area contributed by atoms with Crippen molar-refractivity contribution in [2.24, 2.45) is 0 Å². The number of carbonyl (C=O) groups is 1. The summed E-state index contributed by atoms with van der Waals surface area (Å²) in [5, 5.41) is 2.52. The molecule has 5 nitrogen and oxygen atoms in total. The van der Waals surface area contributed by atoms with Gasteiger partial charge in [-0.15, -0.1) is 0 Å². The van der Waals surface area contributed by atoms with Crippen molar-refractivity contribution < 1.29 is 22.7 Å². The summed E-state index contributed by atoms with van der Waals surface area (Å²) in [6, 6.07) is 3.00. The highest BCUT2D eigenvalue weighted by molar-refractivity contribution is 5.97. The molecule has 1 aromatic carbocycles. The lowest BCUT2D eigenvalue weighted by Gasteiger charge is -2.15. The van der Waals surface area contributed by atoms with Crippen molar-refractivity contribution in [3.05, 3.63) is 45.7 Å². The molecular weight excluding hydrogens is 349 g/mol. The van der Waals surface area contributed by atoms with E-state index in [-0.39, 0.29) is 23.6 Å². The summed E-state index contributed by atoms with van der Waals surface area (Å²) in [4.78, 5) is 25.1. The Balaban J connectivity index is 2.00. The number of fused-ring (bicyclic) bond motifs is 1. The van der Waals surface area contributed by atoms with Crippen LogP contribution in [0.25, 0.3) is 10.9 Å². The number of pyridine rings is 1. The number of hydrogen-bond donors (Lipinski definition) is 1. The molecule has 1 fully saturated rings. The van der Waals surface area contributed by atoms with Crippen LogP contribution in [0.4, 0.5) is 13.2 Å². The van der Waals surface area contributed by atoms with Gasteiger partial charge in [-0.3, -0.25) is 9.59 Å². The van der Waals surface area contributed by atoms with E-state index in [1.54, 1.807) is 11.5 Å². The van der Waals surface area contributed by atoms with Crippen LogP contribution in [0.2, 0.25) is 0 Å². The molecule has 0 radical (unpaired) electrons. The van der Waals surface area contributed by atoms with Gasteiger partial charge in [-0.25, -0.2) is 0 Å². The number of aryl methyl sites for hydroxylation is 1. The molecule has 0 saturated carbocycles. The summed E-state index contributed by atoms with van der Waals surface area (Å²) < 4.78 is 46.0. The van der Waals surface area contributed by atoms with Gasteiger partial charge in [-0.05, 0) is 38.0 Å². The van der Waals surface area contributed by atoms with Crippen LogP contribution in [0.15, 0.2) is 29.2 Å². The SMILES string of the molecule is CCn1cc(C(=O)NC[C@H]2CCCO2)c(=O)c2cc(C(F)(F)F)ccc21. The first kappa shape index (κ1) is 18.4. The molecule has 0 spiro atoms. The smallest absolute Gasteiger partial charge is 0.376 e. The van der Waals surface area contributed by atoms with Crippen LogP contribution in [0.5, 0.6) is 0 Å². The third kappa shape index (κ3) is 3.60. The molecule has 1 amide bonds. The van der Waals surface area contributed by atoms with E-state index >= 15 is 0 Å². The molecule has 1 saturated heterocycles. The van der Waals surface area contributed by atoms with Crippen molar-refractivity contribution in [3.63, 3.8) is 0 Å². The van der Waals surface area contributed by atoms with Crippen molar-refractivity contribution in [2.75, 3.05) is 13.2 Å². The molecule has 2 heterocycles. The highest BCUT2D eigenvalue weighted by atomic mass is 19.4. The number of hydrogen-bond acceptors (Lipinski definition) is 3. The highest BCUT2D eigenvalue weighted by Gasteiger charge is 2.31. The van der Waals surface area contributed by atoms with Crippen LogP contribution in [-0.2, 0) is 17.5 Å². The number of aromatic nitrogens is 1. The fourth-order valence-electron chi connectivity index (χ4n) is 3.10. The van der Waals surface area contributed by atoms with E-state index in [2.05, 4.69) is 5.32 Å². The van der Waals surface area contributed by atoms with Gasteiger partial charge in [0.25, 0.3) is 5.91 Å². The van der Waals surface area contributed by atoms with E-state index < -0.39 is 23.1 Å². The van der Waals surface area contributed by atoms with Gasteiger partial charge in [0.15, 0.2) is 0 Å². The molecule has 26 heavy (non-hydrogen) atoms. The Hall–Kier alpha value is -2.35. The zero-order chi connectivity index (χ0) is 18.9. The minimum Gasteiger partial charge on any atom is -0.376 e. The lowest BCUT2D eigenvalue weighted by Crippen LogP contribution is -2.35. The molecule has 1 atom stereocenters. The van der Waals surface area contributed by atoms with Crippen molar-refractivity contribution in [3.8, 4) is 0 Å². The van der Waals surface area contributed by atoms with Crippen LogP contribution in [0, 0.1) is 0 Å². The number of halogens is 3. The molecule has 0 bridgehead atoms. The Kier molecular flexibility index (Phi) is 5.04. The number of rotatable bonds is 4. The number of nitrogens with one attached hydrogen (secondary N) is 1. The lowest BCUT2D eigenvalue weighted by molar-refractivity contribution is -0.137. The topological polar surface area (TPSA) is 60.3 Å². The largest absolute Gasteiger partial charge is 0.416 e. The van der Waals surface area contributed by atoms with E-state index in [0.29, 0.717) is 18.7 Å². The first-order valence-corrected chi connectivity index (χ1v) is 8.45. The average molecular weight is 368 g/mol. The Morgan fingerprint density at radius 2 is 2.15 bits per heavy atom. The summed E-state index contributed by atoms with van der Waals surface area (Å²) in [6.07, 6.45) is -1.52. The van der Waals surface area contributed by atoms with Gasteiger partial charge in [0, 0.05) is 31.3 Å². The summed E-state index contributed by atoms with van der Waals surface area (Å²) in [5.74, 6) is -0.605. The van der Waals surface area contributed by atoms with Gasteiger partial charge in [0.2, 0.25) is 5.43 Å². The molecule has 1 aliphatic heterocycles. The standard InChI is InChI=1S/C18H19F3N2O3/c1-2-23-10-14(17(25)22-9-12-4-3-7-26-12)16(24)13-8-11(18(19,20)21)5-6-15(13)23/h5-6,8,10,12H,2-4,7,9H2,1H3,(H,22,25)/t12-/m1/s1. The molecule has 2 aromatic rings. The molecule has 140 valence electrons. The van der Waals surface area contributed by atoms with E-state index in [1.807, 2.05) is 0 Å². The Morgan fingerprint density at radius 1 is 1.38 bits per heavy atom. The molecule has 8 heteroatoms. The monoisotopic (exact) mass is 368 g/mol. The summed E-state index contributed by atoms with van der Waals surface area (Å²) in [5.41, 5.74) is -1.43. The zero-order valence-electron chi connectivity index (χ0n) is 14.2. The van der Waals surface area contributed by atoms with Crippen molar-refractivity contribution >= 4 is 16.8 Å². The predicted molar refractivity (Wildman–Crippen MR) is 90.2 cm³/mol. The number of nitrogens with zero attached hydrogens (tertiary/aromatic N) is 1. The van der Waals surface area contributed by atoms with Crippen molar-refractivity contribution in [1.29, 1.82) is 0 Å². The first-order valence-electron chi connectivity index (χ1n) is 8.45. The number of amides is 1. The maximum absolute atomic E-state index is 13.0. The van der Waals surface area contributed by atoms with Gasteiger partial charge >= 0.3 is 6.18 Å². The number of alkyl halides is 3.